The average Bonchev–Trinajstić information content (AvgIpc) is 2.78. The SMILES string of the molecule is C=CC(C)OCCCn1c(N)nc2cc(C(N)=O)ccc21. The third-order valence-electron chi connectivity index (χ3n) is 3.30. The molecule has 6 nitrogen and oxygen atoms in total. The van der Waals surface area contributed by atoms with Crippen LogP contribution in [0.25, 0.3) is 11.0 Å². The normalized spacial score (nSPS) is 12.4. The van der Waals surface area contributed by atoms with Crippen LogP contribution in [0.4, 0.5) is 5.95 Å². The molecule has 4 N–H and O–H groups in total. The first kappa shape index (κ1) is 15.1. The Bertz CT molecular complexity index is 663. The fraction of sp³-hybridized carbons (Fsp3) is 0.333. The lowest BCUT2D eigenvalue weighted by Gasteiger charge is -2.10. The molecule has 1 unspecified atom stereocenters. The summed E-state index contributed by atoms with van der Waals surface area (Å²) in [6, 6.07) is 5.14. The van der Waals surface area contributed by atoms with Crippen LogP contribution in [0.5, 0.6) is 0 Å². The number of aryl methyl sites for hydroxylation is 1. The standard InChI is InChI=1S/C15H20N4O2/c1-3-10(2)21-8-4-7-19-13-6-5-11(14(16)20)9-12(13)18-15(19)17/h3,5-6,9-10H,1,4,7-8H2,2H3,(H2,16,20)(H2,17,18). The van der Waals surface area contributed by atoms with Crippen molar-refractivity contribution in [1.82, 2.24) is 9.55 Å². The van der Waals surface area contributed by atoms with E-state index in [1.165, 1.54) is 0 Å². The van der Waals surface area contributed by atoms with Crippen molar-refractivity contribution in [2.45, 2.75) is 26.0 Å². The molecule has 0 radical (unpaired) electrons. The first-order valence-corrected chi connectivity index (χ1v) is 6.82. The van der Waals surface area contributed by atoms with Crippen molar-refractivity contribution >= 4 is 22.9 Å². The summed E-state index contributed by atoms with van der Waals surface area (Å²) >= 11 is 0. The number of nitrogen functional groups attached to an aromatic ring is 1. The summed E-state index contributed by atoms with van der Waals surface area (Å²) in [5.41, 5.74) is 13.2. The molecular formula is C15H20N4O2. The maximum Gasteiger partial charge on any atom is 0.248 e. The predicted octanol–water partition coefficient (Wildman–Crippen LogP) is 1.70. The molecule has 112 valence electrons. The number of carbonyl (C=O) groups is 1. The van der Waals surface area contributed by atoms with E-state index in [2.05, 4.69) is 11.6 Å². The molecule has 6 heteroatoms. The fourth-order valence-electron chi connectivity index (χ4n) is 2.10. The average molecular weight is 288 g/mol. The summed E-state index contributed by atoms with van der Waals surface area (Å²) < 4.78 is 7.44. The molecule has 1 aromatic heterocycles. The van der Waals surface area contributed by atoms with Gasteiger partial charge in [-0.15, -0.1) is 6.58 Å². The molecule has 1 atom stereocenters. The van der Waals surface area contributed by atoms with Gasteiger partial charge in [-0.2, -0.15) is 0 Å². The first-order chi connectivity index (χ1) is 10.0. The molecule has 0 aliphatic heterocycles. The van der Waals surface area contributed by atoms with Crippen molar-refractivity contribution in [2.75, 3.05) is 12.3 Å². The second kappa shape index (κ2) is 6.41. The Hall–Kier alpha value is -2.34. The van der Waals surface area contributed by atoms with Gasteiger partial charge in [-0.05, 0) is 31.5 Å². The van der Waals surface area contributed by atoms with Crippen LogP contribution in [-0.2, 0) is 11.3 Å². The van der Waals surface area contributed by atoms with Gasteiger partial charge in [0, 0.05) is 18.7 Å². The molecule has 21 heavy (non-hydrogen) atoms. The molecule has 0 saturated carbocycles. The second-order valence-electron chi connectivity index (χ2n) is 4.85. The largest absolute Gasteiger partial charge is 0.374 e. The number of benzene rings is 1. The Balaban J connectivity index is 2.11. The molecule has 0 aliphatic rings. The lowest BCUT2D eigenvalue weighted by Crippen LogP contribution is -2.11. The second-order valence-corrected chi connectivity index (χ2v) is 4.85. The first-order valence-electron chi connectivity index (χ1n) is 6.82. The number of aromatic nitrogens is 2. The van der Waals surface area contributed by atoms with Crippen LogP contribution in [0.15, 0.2) is 30.9 Å². The monoisotopic (exact) mass is 288 g/mol. The summed E-state index contributed by atoms with van der Waals surface area (Å²) in [6.45, 7) is 6.93. The predicted molar refractivity (Wildman–Crippen MR) is 82.9 cm³/mol. The van der Waals surface area contributed by atoms with Crippen molar-refractivity contribution in [2.24, 2.45) is 5.73 Å². The molecule has 1 aromatic carbocycles. The van der Waals surface area contributed by atoms with E-state index in [-0.39, 0.29) is 6.10 Å². The zero-order valence-electron chi connectivity index (χ0n) is 12.1. The van der Waals surface area contributed by atoms with Gasteiger partial charge in [0.1, 0.15) is 0 Å². The van der Waals surface area contributed by atoms with Crippen molar-refractivity contribution in [1.29, 1.82) is 0 Å². The van der Waals surface area contributed by atoms with E-state index in [1.807, 2.05) is 17.6 Å². The summed E-state index contributed by atoms with van der Waals surface area (Å²) in [5.74, 6) is -0.0553. The van der Waals surface area contributed by atoms with E-state index in [9.17, 15) is 4.79 Å². The van der Waals surface area contributed by atoms with Gasteiger partial charge in [0.25, 0.3) is 0 Å². The van der Waals surface area contributed by atoms with Gasteiger partial charge in [-0.25, -0.2) is 4.98 Å². The zero-order chi connectivity index (χ0) is 15.4. The molecule has 0 saturated heterocycles. The van der Waals surface area contributed by atoms with Crippen molar-refractivity contribution in [3.8, 4) is 0 Å². The number of carbonyl (C=O) groups excluding carboxylic acids is 1. The van der Waals surface area contributed by atoms with Crippen molar-refractivity contribution in [3.05, 3.63) is 36.4 Å². The number of amides is 1. The Morgan fingerprint density at radius 1 is 1.57 bits per heavy atom. The van der Waals surface area contributed by atoms with Crippen LogP contribution < -0.4 is 11.5 Å². The van der Waals surface area contributed by atoms with Crippen LogP contribution in [0, 0.1) is 0 Å². The summed E-state index contributed by atoms with van der Waals surface area (Å²) in [4.78, 5) is 15.4. The van der Waals surface area contributed by atoms with Crippen molar-refractivity contribution < 1.29 is 9.53 Å². The van der Waals surface area contributed by atoms with E-state index in [0.717, 1.165) is 11.9 Å². The van der Waals surface area contributed by atoms with E-state index in [4.69, 9.17) is 16.2 Å². The smallest absolute Gasteiger partial charge is 0.248 e. The van der Waals surface area contributed by atoms with Crippen LogP contribution in [0.1, 0.15) is 23.7 Å². The van der Waals surface area contributed by atoms with Gasteiger partial charge in [-0.1, -0.05) is 6.08 Å². The number of hydrogen-bond acceptors (Lipinski definition) is 4. The fourth-order valence-corrected chi connectivity index (χ4v) is 2.10. The van der Waals surface area contributed by atoms with Crippen LogP contribution in [0.3, 0.4) is 0 Å². The Kier molecular flexibility index (Phi) is 4.59. The van der Waals surface area contributed by atoms with Crippen LogP contribution >= 0.6 is 0 Å². The molecule has 2 aromatic rings. The number of primary amides is 1. The van der Waals surface area contributed by atoms with Gasteiger partial charge in [0.05, 0.1) is 17.1 Å². The van der Waals surface area contributed by atoms with E-state index in [0.29, 0.717) is 30.2 Å². The highest BCUT2D eigenvalue weighted by Crippen LogP contribution is 2.19. The van der Waals surface area contributed by atoms with E-state index in [1.54, 1.807) is 18.2 Å². The Morgan fingerprint density at radius 2 is 2.33 bits per heavy atom. The Labute approximate surface area is 123 Å². The molecule has 1 amide bonds. The number of nitrogens with zero attached hydrogens (tertiary/aromatic N) is 2. The third-order valence-corrected chi connectivity index (χ3v) is 3.30. The highest BCUT2D eigenvalue weighted by atomic mass is 16.5. The van der Waals surface area contributed by atoms with Crippen LogP contribution in [-0.4, -0.2) is 28.2 Å². The van der Waals surface area contributed by atoms with E-state index >= 15 is 0 Å². The molecule has 1 heterocycles. The lowest BCUT2D eigenvalue weighted by atomic mass is 10.2. The number of ether oxygens (including phenoxy) is 1. The lowest BCUT2D eigenvalue weighted by molar-refractivity contribution is 0.0934. The maximum atomic E-state index is 11.2. The van der Waals surface area contributed by atoms with Gasteiger partial charge in [0.2, 0.25) is 11.9 Å². The maximum absolute atomic E-state index is 11.2. The van der Waals surface area contributed by atoms with Crippen LogP contribution in [0.2, 0.25) is 0 Å². The number of nitrogens with two attached hydrogens (primary N) is 2. The zero-order valence-corrected chi connectivity index (χ0v) is 12.1. The molecule has 0 spiro atoms. The minimum Gasteiger partial charge on any atom is -0.374 e. The number of rotatable bonds is 7. The number of imidazole rings is 1. The molecule has 0 aliphatic carbocycles. The minimum absolute atomic E-state index is 0.0417. The topological polar surface area (TPSA) is 96.2 Å². The minimum atomic E-state index is -0.475. The molecule has 0 bridgehead atoms. The molecular weight excluding hydrogens is 268 g/mol. The van der Waals surface area contributed by atoms with Gasteiger partial charge in [0.15, 0.2) is 0 Å². The Morgan fingerprint density at radius 3 is 3.00 bits per heavy atom. The summed E-state index contributed by atoms with van der Waals surface area (Å²) in [5, 5.41) is 0. The third kappa shape index (κ3) is 3.41. The van der Waals surface area contributed by atoms with Gasteiger partial charge < -0.3 is 20.8 Å². The highest BCUT2D eigenvalue weighted by Gasteiger charge is 2.10. The number of anilines is 1. The highest BCUT2D eigenvalue weighted by molar-refractivity contribution is 5.96. The van der Waals surface area contributed by atoms with Gasteiger partial charge in [-0.3, -0.25) is 4.79 Å². The molecule has 2 rings (SSSR count). The summed E-state index contributed by atoms with van der Waals surface area (Å²) in [6.07, 6.45) is 2.61. The van der Waals surface area contributed by atoms with Gasteiger partial charge >= 0.3 is 0 Å². The quantitative estimate of drug-likeness (QED) is 0.598. The van der Waals surface area contributed by atoms with Crippen molar-refractivity contribution in [3.63, 3.8) is 0 Å². The van der Waals surface area contributed by atoms with E-state index < -0.39 is 5.91 Å². The summed E-state index contributed by atoms with van der Waals surface area (Å²) in [7, 11) is 0. The number of fused-ring (bicyclic) bond motifs is 1. The molecule has 0 fully saturated rings. The number of hydrogen-bond donors (Lipinski definition) is 2.